The molecule has 5 aliphatic heterocycles. The number of methoxy groups -OCH3 is 1. The lowest BCUT2D eigenvalue weighted by molar-refractivity contribution is -0.151. The maximum atomic E-state index is 10.6. The van der Waals surface area contributed by atoms with Crippen LogP contribution >= 0.6 is 90.4 Å². The third kappa shape index (κ3) is 35.8. The minimum atomic E-state index is -0.626. The summed E-state index contributed by atoms with van der Waals surface area (Å²) in [6, 6.07) is 40.7. The molecule has 0 amide bonds. The van der Waals surface area contributed by atoms with E-state index in [-0.39, 0.29) is 43.7 Å². The van der Waals surface area contributed by atoms with Gasteiger partial charge in [-0.3, -0.25) is 0 Å². The van der Waals surface area contributed by atoms with E-state index in [1.165, 1.54) is 27.4 Å². The molecule has 497 valence electrons. The van der Waals surface area contributed by atoms with Gasteiger partial charge in [-0.05, 0) is 261 Å². The molecule has 1 radical (unpaired) electrons. The molecular formula is C66H91BF3I4O15. The number of aliphatic hydroxyl groups excluding tert-OH is 3. The topological polar surface area (TPSA) is 179 Å². The Balaban J connectivity index is 0.000000359. The van der Waals surface area contributed by atoms with Crippen molar-refractivity contribution in [3.63, 3.8) is 0 Å². The van der Waals surface area contributed by atoms with E-state index < -0.39 is 35.0 Å². The lowest BCUT2D eigenvalue weighted by atomic mass is 10.0. The summed E-state index contributed by atoms with van der Waals surface area (Å²) in [5.74, 6) is -1.56. The number of hydrogen-bond donors (Lipinski definition) is 3. The molecule has 5 fully saturated rings. The van der Waals surface area contributed by atoms with Crippen molar-refractivity contribution < 1.29 is 85.7 Å². The number of benzene rings is 5. The fourth-order valence-corrected chi connectivity index (χ4v) is 9.94. The molecule has 23 heteroatoms. The molecule has 10 rings (SSSR count). The van der Waals surface area contributed by atoms with Crippen LogP contribution in [0.3, 0.4) is 0 Å². The molecule has 5 aromatic rings. The molecule has 6 atom stereocenters. The van der Waals surface area contributed by atoms with E-state index in [0.717, 1.165) is 46.0 Å². The summed E-state index contributed by atoms with van der Waals surface area (Å²) in [5.41, 5.74) is 5.57. The molecule has 6 unspecified atom stereocenters. The van der Waals surface area contributed by atoms with Crippen molar-refractivity contribution in [1.82, 2.24) is 0 Å². The van der Waals surface area contributed by atoms with Gasteiger partial charge in [-0.15, -0.1) is 0 Å². The third-order valence-electron chi connectivity index (χ3n) is 12.6. The first-order valence-corrected chi connectivity index (χ1v) is 33.4. The molecule has 89 heavy (non-hydrogen) atoms. The Morgan fingerprint density at radius 3 is 1.07 bits per heavy atom. The van der Waals surface area contributed by atoms with Gasteiger partial charge in [-0.1, -0.05) is 67.6 Å². The fourth-order valence-electron chi connectivity index (χ4n) is 8.50. The second-order valence-electron chi connectivity index (χ2n) is 22.6. The molecule has 3 N–H and O–H groups in total. The standard InChI is InChI=1S/2C13H18O3.C12H15IO3.C12H15IO2.C6H4I2.C6H10O3.C2H5BF.C2H6O.F2/c1-13(2)15-9-12(16-13)8-10-4-6-11(14-3)7-5-10;1-13(2)15-9-12(16-13)7-10-3-5-11(8-14)6-4-10;1-12(2)15-7-10(16-12)11(14)8-3-5-9(13)6-4-8;1-12(2)14-8-11(15-12)7-9-3-5-10(13)6-4-9;7-5-1-2-6(8)4-3-5;1-6(2)8-4-5(3-7)9-6;1-2-3-4;1-2-3;1-2/h4-7,12H,8-9H2,1-3H3;3-6,12,14H,7-9H2,1-2H3;3-6,10-11,14H,7H2,1-2H3;3-6,11H,7-8H2,1-2H3;1-4H;3,5H,4H2,1-2H3;2H2,1H3;3H,2H2,1H3;. The van der Waals surface area contributed by atoms with Gasteiger partial charge in [-0.25, -0.2) is 0 Å². The molecule has 5 heterocycles. The van der Waals surface area contributed by atoms with E-state index in [4.69, 9.17) is 71.5 Å². The van der Waals surface area contributed by atoms with Crippen LogP contribution in [0.5, 0.6) is 5.75 Å². The van der Waals surface area contributed by atoms with Gasteiger partial charge >= 0.3 is 7.56 Å². The first-order chi connectivity index (χ1) is 42.0. The van der Waals surface area contributed by atoms with Gasteiger partial charge in [0, 0.05) is 49.3 Å². The first-order valence-electron chi connectivity index (χ1n) is 29.1. The largest absolute Gasteiger partial charge is 0.497 e. The highest BCUT2D eigenvalue weighted by molar-refractivity contribution is 14.1. The van der Waals surface area contributed by atoms with Crippen molar-refractivity contribution in [1.29, 1.82) is 0 Å². The lowest BCUT2D eigenvalue weighted by Crippen LogP contribution is -2.25. The van der Waals surface area contributed by atoms with E-state index in [1.807, 2.05) is 116 Å². The van der Waals surface area contributed by atoms with E-state index in [9.17, 15) is 14.2 Å². The number of aliphatic hydroxyl groups is 3. The molecule has 0 spiro atoms. The average molecular weight is 1700 g/mol. The van der Waals surface area contributed by atoms with Gasteiger partial charge in [0.1, 0.15) is 24.1 Å². The highest BCUT2D eigenvalue weighted by Crippen LogP contribution is 2.32. The number of rotatable bonds is 12. The molecule has 0 bridgehead atoms. The molecule has 0 aliphatic carbocycles. The van der Waals surface area contributed by atoms with Crippen LogP contribution in [0.25, 0.3) is 0 Å². The molecule has 5 aromatic carbocycles. The van der Waals surface area contributed by atoms with Gasteiger partial charge < -0.3 is 76.5 Å². The number of carbonyl (C=O) groups is 1. The number of ether oxygens (including phenoxy) is 11. The van der Waals surface area contributed by atoms with Crippen LogP contribution in [0.1, 0.15) is 117 Å². The van der Waals surface area contributed by atoms with Gasteiger partial charge in [0.2, 0.25) is 0 Å². The van der Waals surface area contributed by atoms with Gasteiger partial charge in [0.05, 0.1) is 65.1 Å². The Morgan fingerprint density at radius 2 is 0.798 bits per heavy atom. The van der Waals surface area contributed by atoms with Crippen molar-refractivity contribution in [2.24, 2.45) is 0 Å². The summed E-state index contributed by atoms with van der Waals surface area (Å²) >= 11 is 9.13. The first kappa shape index (κ1) is 82.9. The number of halogens is 7. The Hall–Kier alpha value is -2.18. The van der Waals surface area contributed by atoms with Crippen LogP contribution in [0.4, 0.5) is 13.5 Å². The van der Waals surface area contributed by atoms with E-state index in [0.29, 0.717) is 46.9 Å². The van der Waals surface area contributed by atoms with E-state index in [2.05, 4.69) is 151 Å². The lowest BCUT2D eigenvalue weighted by Gasteiger charge is -2.20. The van der Waals surface area contributed by atoms with Crippen molar-refractivity contribution in [3.8, 4) is 5.75 Å². The molecule has 0 saturated carbocycles. The molecular weight excluding hydrogens is 1610 g/mol. The Morgan fingerprint density at radius 1 is 0.506 bits per heavy atom. The minimum absolute atomic E-state index is 0.0936. The maximum absolute atomic E-state index is 10.6. The second-order valence-corrected chi connectivity index (χ2v) is 27.6. The van der Waals surface area contributed by atoms with E-state index >= 15 is 0 Å². The number of aldehydes is 1. The molecule has 0 aromatic heterocycles. The summed E-state index contributed by atoms with van der Waals surface area (Å²) in [6.45, 7) is 25.6. The summed E-state index contributed by atoms with van der Waals surface area (Å²) in [5, 5.41) is 26.6. The predicted molar refractivity (Wildman–Crippen MR) is 375 cm³/mol. The predicted octanol–water partition coefficient (Wildman–Crippen LogP) is 14.8. The quantitative estimate of drug-likeness (QED) is 0.0610. The third-order valence-corrected chi connectivity index (χ3v) is 15.5. The average Bonchev–Trinajstić information content (AvgIpc) is 2.95. The summed E-state index contributed by atoms with van der Waals surface area (Å²) < 4.78 is 91.8. The van der Waals surface area contributed by atoms with Crippen LogP contribution < -0.4 is 4.74 Å². The number of carbonyl (C=O) groups excluding carboxylic acids is 1. The SMILES string of the molecule is CC1(C)OCC(C(O)c2ccc(I)cc2)O1.CC1(C)OCC(C=O)O1.CC1(C)OCC(Cc2ccc(CO)cc2)O1.CC1(C)OCC(Cc2ccc(I)cc2)O1.CCO.CC[B]F.COc1ccc(CC2COC(C)(C)O2)cc1.FF.Ic1ccc(I)cc1. The van der Waals surface area contributed by atoms with Crippen molar-refractivity contribution >= 4 is 104 Å². The maximum Gasteiger partial charge on any atom is 0.354 e. The monoisotopic (exact) mass is 1700 g/mol. The Kier molecular flexibility index (Phi) is 40.1. The zero-order chi connectivity index (χ0) is 66.9. The zero-order valence-corrected chi connectivity index (χ0v) is 62.0. The number of hydrogen-bond acceptors (Lipinski definition) is 15. The van der Waals surface area contributed by atoms with Gasteiger partial charge in [-0.2, -0.15) is 0 Å². The van der Waals surface area contributed by atoms with Crippen molar-refractivity contribution in [2.45, 2.75) is 181 Å². The Labute approximate surface area is 581 Å². The van der Waals surface area contributed by atoms with Crippen LogP contribution in [-0.4, -0.2) is 135 Å². The van der Waals surface area contributed by atoms with E-state index in [1.54, 1.807) is 34.8 Å². The fraction of sp³-hybridized carbons (Fsp3) is 0.530. The van der Waals surface area contributed by atoms with Crippen LogP contribution in [-0.2, 0) is 78.0 Å². The van der Waals surface area contributed by atoms with Crippen LogP contribution in [0.15, 0.2) is 121 Å². The van der Waals surface area contributed by atoms with Gasteiger partial charge in [0.15, 0.2) is 35.2 Å². The highest BCUT2D eigenvalue weighted by Gasteiger charge is 2.38. The highest BCUT2D eigenvalue weighted by atomic mass is 127. The normalized spacial score (nSPS) is 21.8. The molecule has 5 aliphatic rings. The van der Waals surface area contributed by atoms with Crippen molar-refractivity contribution in [3.05, 3.63) is 163 Å². The smallest absolute Gasteiger partial charge is 0.354 e. The summed E-state index contributed by atoms with van der Waals surface area (Å²) in [7, 11) is 2.30. The van der Waals surface area contributed by atoms with Crippen LogP contribution in [0.2, 0.25) is 6.32 Å². The van der Waals surface area contributed by atoms with Crippen molar-refractivity contribution in [2.75, 3.05) is 46.8 Å². The minimum Gasteiger partial charge on any atom is -0.497 e. The summed E-state index contributed by atoms with van der Waals surface area (Å²) in [6.07, 6.45) is 3.17. The summed E-state index contributed by atoms with van der Waals surface area (Å²) in [4.78, 5) is 10.1. The molecule has 5 saturated heterocycles. The van der Waals surface area contributed by atoms with Crippen LogP contribution in [0, 0.1) is 14.3 Å². The molecule has 15 nitrogen and oxygen atoms in total. The zero-order valence-electron chi connectivity index (χ0n) is 53.3. The van der Waals surface area contributed by atoms with Gasteiger partial charge in [0.25, 0.3) is 0 Å². The Bertz CT molecular complexity index is 2570. The second kappa shape index (κ2) is 43.0.